The van der Waals surface area contributed by atoms with Gasteiger partial charge in [0.1, 0.15) is 16.4 Å². The number of thiophene rings is 2. The number of benzene rings is 1. The summed E-state index contributed by atoms with van der Waals surface area (Å²) in [5.74, 6) is 6.05. The predicted octanol–water partition coefficient (Wildman–Crippen LogP) is 7.12. The van der Waals surface area contributed by atoms with Gasteiger partial charge in [0.15, 0.2) is 0 Å². The smallest absolute Gasteiger partial charge is 0.412 e. The average Bonchev–Trinajstić information content (AvgIpc) is 3.76. The van der Waals surface area contributed by atoms with Crippen molar-refractivity contribution in [3.8, 4) is 11.8 Å². The van der Waals surface area contributed by atoms with Crippen LogP contribution in [0.4, 0.5) is 10.5 Å². The molecule has 1 amide bonds. The number of amides is 1. The molecule has 0 radical (unpaired) electrons. The van der Waals surface area contributed by atoms with Crippen LogP contribution in [0, 0.1) is 11.8 Å². The fourth-order valence-corrected chi connectivity index (χ4v) is 7.48. The molecular formula is C27H22N2O4S3. The molecule has 4 aromatic rings. The van der Waals surface area contributed by atoms with Crippen LogP contribution in [0.15, 0.2) is 42.5 Å². The number of hydrogen-bond donors (Lipinski definition) is 2. The minimum Gasteiger partial charge on any atom is -0.481 e. The Morgan fingerprint density at radius 2 is 1.94 bits per heavy atom. The molecule has 6 rings (SSSR count). The Labute approximate surface area is 220 Å². The highest BCUT2D eigenvalue weighted by Gasteiger charge is 2.53. The van der Waals surface area contributed by atoms with E-state index >= 15 is 0 Å². The summed E-state index contributed by atoms with van der Waals surface area (Å²) in [6, 6.07) is 13.6. The third-order valence-corrected chi connectivity index (χ3v) is 9.89. The fourth-order valence-electron chi connectivity index (χ4n) is 4.17. The van der Waals surface area contributed by atoms with Crippen LogP contribution in [0.25, 0.3) is 9.40 Å². The SMILES string of the molecule is CC(OC(=O)Nc1c(C2CC2)nsc1C#Cc1cc2cc(C3(C(=O)O)CC3)sc2s1)c1ccccc1. The van der Waals surface area contributed by atoms with Crippen molar-refractivity contribution in [2.24, 2.45) is 0 Å². The van der Waals surface area contributed by atoms with E-state index in [-0.39, 0.29) is 6.10 Å². The number of fused-ring (bicyclic) bond motifs is 1. The van der Waals surface area contributed by atoms with Crippen LogP contribution in [-0.2, 0) is 14.9 Å². The van der Waals surface area contributed by atoms with E-state index in [4.69, 9.17) is 4.74 Å². The van der Waals surface area contributed by atoms with Gasteiger partial charge in [0.2, 0.25) is 0 Å². The van der Waals surface area contributed by atoms with Gasteiger partial charge in [-0.05, 0) is 73.7 Å². The standard InChI is InChI=1S/C27H22N2O4S3/c1-15(16-5-3-2-4-6-16)33-26(32)28-23-20(36-29-22(23)17-7-8-17)10-9-19-13-18-14-21(35-24(18)34-19)27(11-12-27)25(30)31/h2-6,13-15,17H,7-8,11-12H2,1H3,(H,28,32)(H,30,31). The molecule has 1 aromatic carbocycles. The highest BCUT2D eigenvalue weighted by molar-refractivity contribution is 7.38. The number of aromatic nitrogens is 1. The zero-order chi connectivity index (χ0) is 24.9. The topological polar surface area (TPSA) is 88.5 Å². The number of nitrogens with one attached hydrogen (secondary N) is 1. The molecule has 3 heterocycles. The van der Waals surface area contributed by atoms with Crippen LogP contribution in [0.5, 0.6) is 0 Å². The molecule has 0 aliphatic heterocycles. The van der Waals surface area contributed by atoms with Crippen LogP contribution in [0.1, 0.15) is 70.5 Å². The molecule has 0 saturated heterocycles. The molecule has 6 nitrogen and oxygen atoms in total. The van der Waals surface area contributed by atoms with E-state index in [2.05, 4.69) is 21.5 Å². The normalized spacial score (nSPS) is 16.7. The first-order valence-corrected chi connectivity index (χ1v) is 14.1. The van der Waals surface area contributed by atoms with E-state index < -0.39 is 17.5 Å². The molecule has 2 aliphatic carbocycles. The summed E-state index contributed by atoms with van der Waals surface area (Å²) < 4.78 is 11.3. The Kier molecular flexibility index (Phi) is 5.83. The Hall–Kier alpha value is -3.19. The summed E-state index contributed by atoms with van der Waals surface area (Å²) in [7, 11) is 0. The maximum atomic E-state index is 12.7. The zero-order valence-corrected chi connectivity index (χ0v) is 21.8. The molecule has 2 fully saturated rings. The number of hydrogen-bond acceptors (Lipinski definition) is 7. The molecule has 9 heteroatoms. The summed E-state index contributed by atoms with van der Waals surface area (Å²) in [6.45, 7) is 1.85. The van der Waals surface area contributed by atoms with Gasteiger partial charge in [-0.2, -0.15) is 4.37 Å². The van der Waals surface area contributed by atoms with Crippen LogP contribution >= 0.6 is 34.2 Å². The van der Waals surface area contributed by atoms with Crippen LogP contribution in [0.2, 0.25) is 0 Å². The van der Waals surface area contributed by atoms with Gasteiger partial charge < -0.3 is 9.84 Å². The van der Waals surface area contributed by atoms with Crippen molar-refractivity contribution in [2.75, 3.05) is 5.32 Å². The number of carbonyl (C=O) groups excluding carboxylic acids is 1. The lowest BCUT2D eigenvalue weighted by Gasteiger charge is -2.14. The molecule has 0 bridgehead atoms. The van der Waals surface area contributed by atoms with E-state index in [0.29, 0.717) is 29.3 Å². The summed E-state index contributed by atoms with van der Waals surface area (Å²) in [5.41, 5.74) is 1.78. The van der Waals surface area contributed by atoms with Crippen molar-refractivity contribution >= 4 is 61.4 Å². The minimum atomic E-state index is -0.732. The van der Waals surface area contributed by atoms with E-state index in [1.165, 1.54) is 11.5 Å². The Morgan fingerprint density at radius 1 is 1.17 bits per heavy atom. The van der Waals surface area contributed by atoms with Crippen molar-refractivity contribution in [1.82, 2.24) is 4.37 Å². The lowest BCUT2D eigenvalue weighted by molar-refractivity contribution is -0.139. The number of nitrogens with zero attached hydrogens (tertiary/aromatic N) is 1. The average molecular weight is 535 g/mol. The molecule has 2 saturated carbocycles. The van der Waals surface area contributed by atoms with Crippen molar-refractivity contribution in [3.63, 3.8) is 0 Å². The van der Waals surface area contributed by atoms with E-state index in [9.17, 15) is 14.7 Å². The quantitative estimate of drug-likeness (QED) is 0.257. The molecule has 2 N–H and O–H groups in total. The Morgan fingerprint density at radius 3 is 2.61 bits per heavy atom. The number of carboxylic acid groups (broad SMARTS) is 1. The van der Waals surface area contributed by atoms with Gasteiger partial charge >= 0.3 is 12.1 Å². The highest BCUT2D eigenvalue weighted by Crippen LogP contribution is 2.52. The van der Waals surface area contributed by atoms with E-state index in [1.54, 1.807) is 22.7 Å². The molecule has 1 unspecified atom stereocenters. The first kappa shape index (κ1) is 23.2. The largest absolute Gasteiger partial charge is 0.481 e. The van der Waals surface area contributed by atoms with Gasteiger partial charge in [0.25, 0.3) is 0 Å². The molecule has 182 valence electrons. The maximum absolute atomic E-state index is 12.7. The second kappa shape index (κ2) is 9.04. The first-order valence-electron chi connectivity index (χ1n) is 11.7. The van der Waals surface area contributed by atoms with Crippen molar-refractivity contribution in [2.45, 2.75) is 50.0 Å². The molecule has 1 atom stereocenters. The Bertz CT molecular complexity index is 1500. The molecular weight excluding hydrogens is 513 g/mol. The third-order valence-electron chi connectivity index (χ3n) is 6.61. The van der Waals surface area contributed by atoms with Crippen molar-refractivity contribution < 1.29 is 19.4 Å². The second-order valence-corrected chi connectivity index (χ2v) is 12.4. The van der Waals surface area contributed by atoms with E-state index in [1.807, 2.05) is 49.4 Å². The number of aliphatic carboxylic acids is 1. The van der Waals surface area contributed by atoms with Gasteiger partial charge in [0, 0.05) is 16.2 Å². The minimum absolute atomic E-state index is 0.355. The van der Waals surface area contributed by atoms with Gasteiger partial charge in [-0.15, -0.1) is 22.7 Å². The molecule has 36 heavy (non-hydrogen) atoms. The second-order valence-electron chi connectivity index (χ2n) is 9.23. The first-order chi connectivity index (χ1) is 17.4. The summed E-state index contributed by atoms with van der Waals surface area (Å²) >= 11 is 4.42. The monoisotopic (exact) mass is 534 g/mol. The van der Waals surface area contributed by atoms with Crippen LogP contribution in [-0.4, -0.2) is 21.5 Å². The molecule has 3 aromatic heterocycles. The maximum Gasteiger partial charge on any atom is 0.412 e. The number of rotatable bonds is 6. The zero-order valence-electron chi connectivity index (χ0n) is 19.4. The molecule has 0 spiro atoms. The number of anilines is 1. The van der Waals surface area contributed by atoms with Gasteiger partial charge in [-0.3, -0.25) is 10.1 Å². The van der Waals surface area contributed by atoms with Gasteiger partial charge in [-0.1, -0.05) is 30.3 Å². The summed E-state index contributed by atoms with van der Waals surface area (Å²) in [6.07, 6.45) is 2.63. The summed E-state index contributed by atoms with van der Waals surface area (Å²) in [5, 5.41) is 13.5. The molecule has 2 aliphatic rings. The number of ether oxygens (including phenoxy) is 1. The van der Waals surface area contributed by atoms with E-state index in [0.717, 1.165) is 43.3 Å². The number of carbonyl (C=O) groups is 2. The fraction of sp³-hybridized carbons (Fsp3) is 0.296. The third kappa shape index (κ3) is 4.41. The van der Waals surface area contributed by atoms with Crippen molar-refractivity contribution in [3.05, 3.63) is 68.4 Å². The summed E-state index contributed by atoms with van der Waals surface area (Å²) in [4.78, 5) is 26.9. The lowest BCUT2D eigenvalue weighted by atomic mass is 10.1. The van der Waals surface area contributed by atoms with Gasteiger partial charge in [0.05, 0.1) is 20.3 Å². The van der Waals surface area contributed by atoms with Crippen LogP contribution < -0.4 is 5.32 Å². The van der Waals surface area contributed by atoms with Crippen molar-refractivity contribution in [1.29, 1.82) is 0 Å². The van der Waals surface area contributed by atoms with Crippen LogP contribution in [0.3, 0.4) is 0 Å². The Balaban J connectivity index is 1.21. The van der Waals surface area contributed by atoms with Gasteiger partial charge in [-0.25, -0.2) is 4.79 Å². The number of carboxylic acids is 1. The highest BCUT2D eigenvalue weighted by atomic mass is 32.2. The lowest BCUT2D eigenvalue weighted by Crippen LogP contribution is -2.17. The predicted molar refractivity (Wildman–Crippen MR) is 143 cm³/mol.